The fourth-order valence-electron chi connectivity index (χ4n) is 3.43. The SMILES string of the molecule is O=C(/C=C/c1ccco1)NCC1CCN(C(=O)c2cc3ccccc3o2)CC1. The molecule has 3 heterocycles. The van der Waals surface area contributed by atoms with Gasteiger partial charge < -0.3 is 19.1 Å². The number of carbonyl (C=O) groups excluding carboxylic acids is 2. The second kappa shape index (κ2) is 8.17. The number of nitrogens with one attached hydrogen (secondary N) is 1. The van der Waals surface area contributed by atoms with Crippen LogP contribution >= 0.6 is 0 Å². The molecule has 1 aromatic carbocycles. The Morgan fingerprint density at radius 3 is 2.71 bits per heavy atom. The number of fused-ring (bicyclic) bond motifs is 1. The third kappa shape index (κ3) is 4.17. The van der Waals surface area contributed by atoms with Crippen LogP contribution in [-0.2, 0) is 4.79 Å². The third-order valence-electron chi connectivity index (χ3n) is 5.05. The number of amides is 2. The van der Waals surface area contributed by atoms with Crippen LogP contribution < -0.4 is 5.32 Å². The summed E-state index contributed by atoms with van der Waals surface area (Å²) in [5.74, 6) is 1.18. The molecule has 2 aromatic heterocycles. The van der Waals surface area contributed by atoms with Crippen LogP contribution in [0.4, 0.5) is 0 Å². The number of para-hydroxylation sites is 1. The van der Waals surface area contributed by atoms with Gasteiger partial charge in [-0.15, -0.1) is 0 Å². The van der Waals surface area contributed by atoms with E-state index in [9.17, 15) is 9.59 Å². The molecule has 0 bridgehead atoms. The molecule has 1 aliphatic heterocycles. The first-order valence-corrected chi connectivity index (χ1v) is 9.46. The van der Waals surface area contributed by atoms with Crippen molar-refractivity contribution in [3.63, 3.8) is 0 Å². The Kier molecular flexibility index (Phi) is 5.28. The van der Waals surface area contributed by atoms with Crippen LogP contribution in [0.15, 0.2) is 63.6 Å². The lowest BCUT2D eigenvalue weighted by atomic mass is 9.96. The quantitative estimate of drug-likeness (QED) is 0.687. The summed E-state index contributed by atoms with van der Waals surface area (Å²) in [6.45, 7) is 1.94. The summed E-state index contributed by atoms with van der Waals surface area (Å²) >= 11 is 0. The van der Waals surface area contributed by atoms with Crippen molar-refractivity contribution in [2.45, 2.75) is 12.8 Å². The van der Waals surface area contributed by atoms with Gasteiger partial charge in [0.25, 0.3) is 5.91 Å². The predicted octanol–water partition coefficient (Wildman–Crippen LogP) is 3.71. The molecule has 28 heavy (non-hydrogen) atoms. The molecule has 6 heteroatoms. The smallest absolute Gasteiger partial charge is 0.289 e. The van der Waals surface area contributed by atoms with Crippen LogP contribution in [0.25, 0.3) is 17.0 Å². The first-order valence-electron chi connectivity index (χ1n) is 9.46. The normalized spacial score (nSPS) is 15.4. The second-order valence-corrected chi connectivity index (χ2v) is 6.98. The van der Waals surface area contributed by atoms with Gasteiger partial charge in [0.1, 0.15) is 11.3 Å². The number of furan rings is 2. The van der Waals surface area contributed by atoms with Crippen LogP contribution in [0, 0.1) is 5.92 Å². The van der Waals surface area contributed by atoms with Gasteiger partial charge >= 0.3 is 0 Å². The number of piperidine rings is 1. The number of benzene rings is 1. The summed E-state index contributed by atoms with van der Waals surface area (Å²) in [6.07, 6.45) is 6.39. The Hall–Kier alpha value is -3.28. The molecule has 1 aliphatic rings. The molecule has 0 atom stereocenters. The highest BCUT2D eigenvalue weighted by molar-refractivity contribution is 5.96. The van der Waals surface area contributed by atoms with Crippen LogP contribution in [0.3, 0.4) is 0 Å². The average Bonchev–Trinajstić information content (AvgIpc) is 3.40. The summed E-state index contributed by atoms with van der Waals surface area (Å²) < 4.78 is 10.8. The van der Waals surface area contributed by atoms with Crippen molar-refractivity contribution in [1.82, 2.24) is 10.2 Å². The summed E-state index contributed by atoms with van der Waals surface area (Å²) in [7, 11) is 0. The molecule has 144 valence electrons. The van der Waals surface area contributed by atoms with E-state index in [4.69, 9.17) is 8.83 Å². The molecule has 0 spiro atoms. The Morgan fingerprint density at radius 2 is 1.96 bits per heavy atom. The maximum Gasteiger partial charge on any atom is 0.289 e. The van der Waals surface area contributed by atoms with Crippen LogP contribution in [0.2, 0.25) is 0 Å². The molecule has 3 aromatic rings. The molecule has 0 radical (unpaired) electrons. The van der Waals surface area contributed by atoms with E-state index in [1.807, 2.05) is 29.2 Å². The summed E-state index contributed by atoms with van der Waals surface area (Å²) in [6, 6.07) is 13.0. The summed E-state index contributed by atoms with van der Waals surface area (Å²) in [5.41, 5.74) is 0.728. The summed E-state index contributed by atoms with van der Waals surface area (Å²) in [4.78, 5) is 26.4. The van der Waals surface area contributed by atoms with E-state index < -0.39 is 0 Å². The summed E-state index contributed by atoms with van der Waals surface area (Å²) in [5, 5.41) is 3.86. The lowest BCUT2D eigenvalue weighted by molar-refractivity contribution is -0.116. The first kappa shape index (κ1) is 18.1. The zero-order valence-electron chi connectivity index (χ0n) is 15.5. The molecule has 4 rings (SSSR count). The van der Waals surface area contributed by atoms with Gasteiger partial charge in [0.05, 0.1) is 6.26 Å². The van der Waals surface area contributed by atoms with Crippen LogP contribution in [0.5, 0.6) is 0 Å². The van der Waals surface area contributed by atoms with Crippen molar-refractivity contribution in [1.29, 1.82) is 0 Å². The minimum absolute atomic E-state index is 0.0694. The predicted molar refractivity (Wildman–Crippen MR) is 106 cm³/mol. The molecular weight excluding hydrogens is 356 g/mol. The molecule has 2 amide bonds. The van der Waals surface area contributed by atoms with Gasteiger partial charge in [-0.2, -0.15) is 0 Å². The lowest BCUT2D eigenvalue weighted by Gasteiger charge is -2.31. The number of rotatable bonds is 5. The third-order valence-corrected chi connectivity index (χ3v) is 5.05. The van der Waals surface area contributed by atoms with Gasteiger partial charge in [0.15, 0.2) is 5.76 Å². The second-order valence-electron chi connectivity index (χ2n) is 6.98. The maximum atomic E-state index is 12.7. The minimum Gasteiger partial charge on any atom is -0.465 e. The van der Waals surface area contributed by atoms with E-state index in [1.54, 1.807) is 30.5 Å². The molecule has 1 saturated heterocycles. The van der Waals surface area contributed by atoms with Gasteiger partial charge in [0.2, 0.25) is 5.91 Å². The zero-order valence-corrected chi connectivity index (χ0v) is 15.5. The molecule has 0 unspecified atom stereocenters. The van der Waals surface area contributed by atoms with E-state index >= 15 is 0 Å². The Balaban J connectivity index is 1.25. The van der Waals surface area contributed by atoms with E-state index in [2.05, 4.69) is 5.32 Å². The topological polar surface area (TPSA) is 75.7 Å². The fourth-order valence-corrected chi connectivity index (χ4v) is 3.43. The van der Waals surface area contributed by atoms with Crippen molar-refractivity contribution < 1.29 is 18.4 Å². The Bertz CT molecular complexity index is 946. The van der Waals surface area contributed by atoms with E-state index in [1.165, 1.54) is 6.08 Å². The number of hydrogen-bond acceptors (Lipinski definition) is 4. The van der Waals surface area contributed by atoms with Gasteiger partial charge in [-0.1, -0.05) is 18.2 Å². The Morgan fingerprint density at radius 1 is 1.14 bits per heavy atom. The van der Waals surface area contributed by atoms with E-state index in [0.29, 0.717) is 37.1 Å². The highest BCUT2D eigenvalue weighted by Gasteiger charge is 2.25. The molecule has 0 saturated carbocycles. The highest BCUT2D eigenvalue weighted by Crippen LogP contribution is 2.23. The highest BCUT2D eigenvalue weighted by atomic mass is 16.3. The molecule has 1 fully saturated rings. The molecule has 1 N–H and O–H groups in total. The van der Waals surface area contributed by atoms with Gasteiger partial charge in [-0.25, -0.2) is 0 Å². The van der Waals surface area contributed by atoms with Crippen LogP contribution in [0.1, 0.15) is 29.2 Å². The van der Waals surface area contributed by atoms with Crippen molar-refractivity contribution in [2.75, 3.05) is 19.6 Å². The van der Waals surface area contributed by atoms with Crippen LogP contribution in [-0.4, -0.2) is 36.3 Å². The van der Waals surface area contributed by atoms with Gasteiger partial charge in [0, 0.05) is 31.1 Å². The van der Waals surface area contributed by atoms with Crippen molar-refractivity contribution in [3.8, 4) is 0 Å². The standard InChI is InChI=1S/C22H22N2O4/c25-21(8-7-18-5-3-13-27-18)23-15-16-9-11-24(12-10-16)22(26)20-14-17-4-1-2-6-19(17)28-20/h1-8,13-14,16H,9-12,15H2,(H,23,25)/b8-7+. The largest absolute Gasteiger partial charge is 0.465 e. The first-order chi connectivity index (χ1) is 13.7. The van der Waals surface area contributed by atoms with E-state index in [-0.39, 0.29) is 11.8 Å². The fraction of sp³-hybridized carbons (Fsp3) is 0.273. The monoisotopic (exact) mass is 378 g/mol. The zero-order chi connectivity index (χ0) is 19.3. The molecular formula is C22H22N2O4. The number of nitrogens with zero attached hydrogens (tertiary/aromatic N) is 1. The van der Waals surface area contributed by atoms with Crippen molar-refractivity contribution >= 4 is 28.9 Å². The maximum absolute atomic E-state index is 12.7. The van der Waals surface area contributed by atoms with Crippen molar-refractivity contribution in [3.05, 3.63) is 66.3 Å². The number of hydrogen-bond donors (Lipinski definition) is 1. The minimum atomic E-state index is -0.141. The average molecular weight is 378 g/mol. The molecule has 0 aliphatic carbocycles. The number of likely N-dealkylation sites (tertiary alicyclic amines) is 1. The van der Waals surface area contributed by atoms with Gasteiger partial charge in [-0.05, 0) is 49.1 Å². The van der Waals surface area contributed by atoms with Crippen molar-refractivity contribution in [2.24, 2.45) is 5.92 Å². The van der Waals surface area contributed by atoms with Gasteiger partial charge in [-0.3, -0.25) is 9.59 Å². The molecule has 6 nitrogen and oxygen atoms in total. The lowest BCUT2D eigenvalue weighted by Crippen LogP contribution is -2.41. The van der Waals surface area contributed by atoms with E-state index in [0.717, 1.165) is 23.8 Å². The number of carbonyl (C=O) groups is 2. The Labute approximate surface area is 162 Å².